The van der Waals surface area contributed by atoms with Crippen molar-refractivity contribution in [3.8, 4) is 0 Å². The van der Waals surface area contributed by atoms with Gasteiger partial charge < -0.3 is 4.74 Å². The van der Waals surface area contributed by atoms with Crippen molar-refractivity contribution in [1.82, 2.24) is 5.43 Å². The summed E-state index contributed by atoms with van der Waals surface area (Å²) >= 11 is 6.04. The summed E-state index contributed by atoms with van der Waals surface area (Å²) in [5.74, 6) is 5.45. The highest BCUT2D eigenvalue weighted by Gasteiger charge is 2.11. The predicted octanol–water partition coefficient (Wildman–Crippen LogP) is 1.88. The standard InChI is InChI=1S/C10H15ClN2O/c1-14-7-6-10(13-12)8-4-2-3-5-9(8)11/h2-5,10,13H,6-7,12H2,1H3. The Morgan fingerprint density at radius 3 is 2.79 bits per heavy atom. The summed E-state index contributed by atoms with van der Waals surface area (Å²) in [7, 11) is 1.67. The normalized spacial score (nSPS) is 12.8. The van der Waals surface area contributed by atoms with Crippen LogP contribution in [0.5, 0.6) is 0 Å². The van der Waals surface area contributed by atoms with Crippen LogP contribution < -0.4 is 11.3 Å². The van der Waals surface area contributed by atoms with Crippen LogP contribution in [0, 0.1) is 0 Å². The zero-order valence-electron chi connectivity index (χ0n) is 8.16. The van der Waals surface area contributed by atoms with Gasteiger partial charge in [0.15, 0.2) is 0 Å². The van der Waals surface area contributed by atoms with Crippen LogP contribution in [0.4, 0.5) is 0 Å². The van der Waals surface area contributed by atoms with Crippen molar-refractivity contribution in [2.75, 3.05) is 13.7 Å². The minimum absolute atomic E-state index is 0.0450. The van der Waals surface area contributed by atoms with Crippen LogP contribution in [0.15, 0.2) is 24.3 Å². The molecule has 0 aliphatic carbocycles. The molecule has 14 heavy (non-hydrogen) atoms. The first-order valence-corrected chi connectivity index (χ1v) is 4.87. The molecule has 3 nitrogen and oxygen atoms in total. The van der Waals surface area contributed by atoms with Crippen molar-refractivity contribution in [3.63, 3.8) is 0 Å². The van der Waals surface area contributed by atoms with Gasteiger partial charge in [0.1, 0.15) is 0 Å². The van der Waals surface area contributed by atoms with Gasteiger partial charge in [-0.05, 0) is 18.1 Å². The van der Waals surface area contributed by atoms with Gasteiger partial charge in [0.25, 0.3) is 0 Å². The molecule has 0 aromatic heterocycles. The number of hydrazine groups is 1. The zero-order valence-corrected chi connectivity index (χ0v) is 8.92. The zero-order chi connectivity index (χ0) is 10.4. The number of hydrogen-bond acceptors (Lipinski definition) is 3. The topological polar surface area (TPSA) is 47.3 Å². The minimum atomic E-state index is 0.0450. The van der Waals surface area contributed by atoms with E-state index in [0.717, 1.165) is 17.0 Å². The minimum Gasteiger partial charge on any atom is -0.385 e. The van der Waals surface area contributed by atoms with Crippen molar-refractivity contribution in [2.24, 2.45) is 5.84 Å². The van der Waals surface area contributed by atoms with Gasteiger partial charge in [-0.15, -0.1) is 0 Å². The fourth-order valence-electron chi connectivity index (χ4n) is 1.32. The second-order valence-corrected chi connectivity index (χ2v) is 3.43. The molecule has 0 spiro atoms. The van der Waals surface area contributed by atoms with E-state index in [-0.39, 0.29) is 6.04 Å². The lowest BCUT2D eigenvalue weighted by Crippen LogP contribution is -2.29. The molecule has 0 amide bonds. The summed E-state index contributed by atoms with van der Waals surface area (Å²) in [6.07, 6.45) is 0.802. The van der Waals surface area contributed by atoms with Crippen LogP contribution in [0.3, 0.4) is 0 Å². The summed E-state index contributed by atoms with van der Waals surface area (Å²) in [5, 5.41) is 0.728. The van der Waals surface area contributed by atoms with Crippen molar-refractivity contribution in [2.45, 2.75) is 12.5 Å². The van der Waals surface area contributed by atoms with Crippen molar-refractivity contribution < 1.29 is 4.74 Å². The monoisotopic (exact) mass is 214 g/mol. The molecule has 1 unspecified atom stereocenters. The molecule has 1 aromatic rings. The van der Waals surface area contributed by atoms with Crippen molar-refractivity contribution >= 4 is 11.6 Å². The molecule has 0 saturated heterocycles. The molecule has 0 heterocycles. The number of nitrogens with one attached hydrogen (secondary N) is 1. The quantitative estimate of drug-likeness (QED) is 0.581. The van der Waals surface area contributed by atoms with E-state index in [4.69, 9.17) is 22.2 Å². The van der Waals surface area contributed by atoms with Crippen LogP contribution >= 0.6 is 11.6 Å². The molecule has 0 saturated carbocycles. The molecular formula is C10H15ClN2O. The number of halogens is 1. The van der Waals surface area contributed by atoms with Gasteiger partial charge in [0.05, 0.1) is 0 Å². The Morgan fingerprint density at radius 1 is 1.50 bits per heavy atom. The van der Waals surface area contributed by atoms with Gasteiger partial charge in [-0.2, -0.15) is 0 Å². The molecule has 0 aliphatic rings. The lowest BCUT2D eigenvalue weighted by Gasteiger charge is -2.16. The highest BCUT2D eigenvalue weighted by atomic mass is 35.5. The Bertz CT molecular complexity index is 281. The van der Waals surface area contributed by atoms with Gasteiger partial charge in [0.2, 0.25) is 0 Å². The van der Waals surface area contributed by atoms with Crippen molar-refractivity contribution in [3.05, 3.63) is 34.9 Å². The van der Waals surface area contributed by atoms with Crippen LogP contribution in [0.1, 0.15) is 18.0 Å². The Morgan fingerprint density at radius 2 is 2.21 bits per heavy atom. The number of hydrogen-bond donors (Lipinski definition) is 2. The third-order valence-electron chi connectivity index (χ3n) is 2.09. The van der Waals surface area contributed by atoms with Crippen molar-refractivity contribution in [1.29, 1.82) is 0 Å². The molecular weight excluding hydrogens is 200 g/mol. The third-order valence-corrected chi connectivity index (χ3v) is 2.44. The Balaban J connectivity index is 2.73. The predicted molar refractivity (Wildman–Crippen MR) is 58.0 cm³/mol. The van der Waals surface area contributed by atoms with Crippen LogP contribution in [0.25, 0.3) is 0 Å². The number of ether oxygens (including phenoxy) is 1. The lowest BCUT2D eigenvalue weighted by atomic mass is 10.1. The second-order valence-electron chi connectivity index (χ2n) is 3.02. The maximum Gasteiger partial charge on any atom is 0.0496 e. The first-order chi connectivity index (χ1) is 6.79. The number of rotatable bonds is 5. The summed E-state index contributed by atoms with van der Waals surface area (Å²) in [6, 6.07) is 7.70. The molecule has 1 atom stereocenters. The first kappa shape index (κ1) is 11.5. The van der Waals surface area contributed by atoms with Crippen LogP contribution in [0.2, 0.25) is 5.02 Å². The van der Waals surface area contributed by atoms with Gasteiger partial charge in [-0.25, -0.2) is 0 Å². The smallest absolute Gasteiger partial charge is 0.0496 e. The molecule has 1 aromatic carbocycles. The molecule has 78 valence electrons. The third kappa shape index (κ3) is 2.96. The van der Waals surface area contributed by atoms with E-state index < -0.39 is 0 Å². The summed E-state index contributed by atoms with van der Waals surface area (Å²) < 4.78 is 5.00. The van der Waals surface area contributed by atoms with Crippen LogP contribution in [-0.2, 0) is 4.74 Å². The molecule has 1 rings (SSSR count). The summed E-state index contributed by atoms with van der Waals surface area (Å²) in [5.41, 5.74) is 3.74. The van der Waals surface area contributed by atoms with E-state index in [1.165, 1.54) is 0 Å². The highest BCUT2D eigenvalue weighted by Crippen LogP contribution is 2.24. The van der Waals surface area contributed by atoms with Gasteiger partial charge in [0, 0.05) is 24.8 Å². The highest BCUT2D eigenvalue weighted by molar-refractivity contribution is 6.31. The number of benzene rings is 1. The molecule has 4 heteroatoms. The van der Waals surface area contributed by atoms with E-state index in [0.29, 0.717) is 6.61 Å². The molecule has 0 bridgehead atoms. The molecule has 0 fully saturated rings. The fraction of sp³-hybridized carbons (Fsp3) is 0.400. The maximum absolute atomic E-state index is 6.04. The first-order valence-electron chi connectivity index (χ1n) is 4.49. The average Bonchev–Trinajstić information content (AvgIpc) is 2.21. The molecule has 0 radical (unpaired) electrons. The van der Waals surface area contributed by atoms with E-state index >= 15 is 0 Å². The second kappa shape index (κ2) is 5.98. The summed E-state index contributed by atoms with van der Waals surface area (Å²) in [4.78, 5) is 0. The van der Waals surface area contributed by atoms with Gasteiger partial charge in [-0.1, -0.05) is 29.8 Å². The Labute approximate surface area is 89.2 Å². The van der Waals surface area contributed by atoms with E-state index in [1.807, 2.05) is 24.3 Å². The fourth-order valence-corrected chi connectivity index (χ4v) is 1.59. The maximum atomic E-state index is 6.04. The molecule has 0 aliphatic heterocycles. The van der Waals surface area contributed by atoms with E-state index in [9.17, 15) is 0 Å². The van der Waals surface area contributed by atoms with Crippen LogP contribution in [-0.4, -0.2) is 13.7 Å². The number of methoxy groups -OCH3 is 1. The summed E-state index contributed by atoms with van der Waals surface area (Å²) in [6.45, 7) is 0.653. The number of nitrogens with two attached hydrogens (primary N) is 1. The average molecular weight is 215 g/mol. The van der Waals surface area contributed by atoms with Gasteiger partial charge >= 0.3 is 0 Å². The van der Waals surface area contributed by atoms with Gasteiger partial charge in [-0.3, -0.25) is 11.3 Å². The van der Waals surface area contributed by atoms with E-state index in [1.54, 1.807) is 7.11 Å². The Hall–Kier alpha value is -0.610. The SMILES string of the molecule is COCCC(NN)c1ccccc1Cl. The van der Waals surface area contributed by atoms with E-state index in [2.05, 4.69) is 5.43 Å². The largest absolute Gasteiger partial charge is 0.385 e. The lowest BCUT2D eigenvalue weighted by molar-refractivity contribution is 0.183. The molecule has 3 N–H and O–H groups in total. The Kier molecular flexibility index (Phi) is 4.90.